The van der Waals surface area contributed by atoms with E-state index in [4.69, 9.17) is 52.1 Å². The Labute approximate surface area is 378 Å². The molecule has 6 rings (SSSR count). The smallest absolute Gasteiger partial charge is 0.187 e. The summed E-state index contributed by atoms with van der Waals surface area (Å²) in [4.78, 5) is 0. The maximum Gasteiger partial charge on any atom is 0.187 e. The van der Waals surface area contributed by atoms with Gasteiger partial charge in [0.2, 0.25) is 0 Å². The Bertz CT molecular complexity index is 1510. The third-order valence-corrected chi connectivity index (χ3v) is 12.4. The molecule has 0 aliphatic carbocycles. The highest BCUT2D eigenvalue weighted by atomic mass is 16.8. The first-order chi connectivity index (χ1) is 31.8. The molecule has 30 atom stereocenters. The van der Waals surface area contributed by atoms with Gasteiger partial charge in [-0.3, -0.25) is 0 Å². The van der Waals surface area contributed by atoms with E-state index in [2.05, 4.69) is 0 Å². The molecule has 0 bridgehead atoms. The molecule has 0 saturated carbocycles. The van der Waals surface area contributed by atoms with Crippen molar-refractivity contribution >= 4 is 0 Å². The average molecular weight is 991 g/mol. The number of hydrogen-bond donors (Lipinski definition) is 20. The molecular formula is C36H62O31. The van der Waals surface area contributed by atoms with Crippen molar-refractivity contribution in [2.24, 2.45) is 0 Å². The first-order valence-electron chi connectivity index (χ1n) is 21.1. The van der Waals surface area contributed by atoms with Crippen LogP contribution in [0.25, 0.3) is 0 Å². The lowest BCUT2D eigenvalue weighted by atomic mass is 9.95. The fourth-order valence-corrected chi connectivity index (χ4v) is 8.42. The molecule has 67 heavy (non-hydrogen) atoms. The molecule has 31 heteroatoms. The van der Waals surface area contributed by atoms with Gasteiger partial charge in [-0.2, -0.15) is 0 Å². The van der Waals surface area contributed by atoms with Crippen molar-refractivity contribution in [3.63, 3.8) is 0 Å². The summed E-state index contributed by atoms with van der Waals surface area (Å²) >= 11 is 0. The second-order valence-corrected chi connectivity index (χ2v) is 16.8. The normalized spacial score (nSPS) is 53.4. The molecule has 0 spiro atoms. The highest BCUT2D eigenvalue weighted by Gasteiger charge is 2.58. The van der Waals surface area contributed by atoms with Crippen LogP contribution >= 0.6 is 0 Å². The summed E-state index contributed by atoms with van der Waals surface area (Å²) in [7, 11) is 0. The number of aliphatic hydroxyl groups excluding tert-OH is 20. The summed E-state index contributed by atoms with van der Waals surface area (Å²) in [5.41, 5.74) is 0. The van der Waals surface area contributed by atoms with E-state index in [9.17, 15) is 102 Å². The zero-order valence-electron chi connectivity index (χ0n) is 35.0. The third-order valence-electron chi connectivity index (χ3n) is 12.4. The quantitative estimate of drug-likeness (QED) is 0.0683. The van der Waals surface area contributed by atoms with Gasteiger partial charge >= 0.3 is 0 Å². The first kappa shape index (κ1) is 55.1. The van der Waals surface area contributed by atoms with Crippen LogP contribution in [-0.2, 0) is 52.1 Å². The van der Waals surface area contributed by atoms with Crippen LogP contribution in [0.15, 0.2) is 0 Å². The first-order valence-corrected chi connectivity index (χ1v) is 21.1. The van der Waals surface area contributed by atoms with Gasteiger partial charge in [0.25, 0.3) is 0 Å². The van der Waals surface area contributed by atoms with Crippen LogP contribution in [-0.4, -0.2) is 326 Å². The van der Waals surface area contributed by atoms with Gasteiger partial charge in [0.1, 0.15) is 146 Å². The van der Waals surface area contributed by atoms with Gasteiger partial charge < -0.3 is 154 Å². The molecule has 6 aliphatic heterocycles. The van der Waals surface area contributed by atoms with Crippen molar-refractivity contribution in [1.29, 1.82) is 0 Å². The largest absolute Gasteiger partial charge is 0.394 e. The fourth-order valence-electron chi connectivity index (χ4n) is 8.42. The molecule has 6 aliphatic rings. The molecule has 392 valence electrons. The fraction of sp³-hybridized carbons (Fsp3) is 1.00. The Morgan fingerprint density at radius 2 is 0.433 bits per heavy atom. The summed E-state index contributed by atoms with van der Waals surface area (Å²) in [5, 5.41) is 211. The summed E-state index contributed by atoms with van der Waals surface area (Å²) in [6, 6.07) is 0. The monoisotopic (exact) mass is 990 g/mol. The minimum absolute atomic E-state index is 0.865. The Morgan fingerprint density at radius 3 is 0.716 bits per heavy atom. The number of rotatable bonds is 16. The van der Waals surface area contributed by atoms with Crippen molar-refractivity contribution in [2.45, 2.75) is 184 Å². The van der Waals surface area contributed by atoms with Crippen LogP contribution in [0.3, 0.4) is 0 Å². The molecule has 0 aromatic rings. The van der Waals surface area contributed by atoms with E-state index in [1.165, 1.54) is 0 Å². The number of aliphatic hydroxyl groups is 20. The summed E-state index contributed by atoms with van der Waals surface area (Å²) in [6.45, 7) is -5.86. The number of ether oxygens (including phenoxy) is 11. The molecule has 31 nitrogen and oxygen atoms in total. The molecule has 6 fully saturated rings. The van der Waals surface area contributed by atoms with Crippen LogP contribution in [0, 0.1) is 0 Å². The molecule has 0 unspecified atom stereocenters. The Morgan fingerprint density at radius 1 is 0.224 bits per heavy atom. The van der Waals surface area contributed by atoms with Gasteiger partial charge in [0.05, 0.1) is 39.6 Å². The van der Waals surface area contributed by atoms with Crippen LogP contribution in [0.4, 0.5) is 0 Å². The predicted octanol–water partition coefficient (Wildman–Crippen LogP) is -14.1. The second-order valence-electron chi connectivity index (χ2n) is 16.8. The van der Waals surface area contributed by atoms with E-state index in [1.807, 2.05) is 0 Å². The van der Waals surface area contributed by atoms with E-state index in [0.717, 1.165) is 0 Å². The summed E-state index contributed by atoms with van der Waals surface area (Å²) < 4.78 is 62.2. The summed E-state index contributed by atoms with van der Waals surface area (Å²) in [6.07, 6.45) is -60.2. The molecule has 0 aromatic carbocycles. The minimum atomic E-state index is -2.25. The molecular weight excluding hydrogens is 928 g/mol. The standard InChI is InChI=1S/C36H62O31/c37-1-7-14(44)20(50)26(31(56)57-7)63-33-28(22(52)16(46)9(3-39)59-33)65-35-30(24(54)18(48)11(5-41)61-35)67-36-29(23(53)17(47)12(6-42)62-36)66-34-27(21(51)15(45)10(4-40)60-34)64-32-25(55)19(49)13(43)8(2-38)58-32/h7-56H,1-6H2/t7-,8-,9-,10-,11-,12-,13-,14-,15-,16-,17-,18-,19+,20+,21+,22+,23+,24+,25+,26+,27+,28+,29+,30+,31-,32+,33-,34+,35-,36-/m1/s1. The lowest BCUT2D eigenvalue weighted by molar-refractivity contribution is -0.417. The zero-order chi connectivity index (χ0) is 49.3. The Balaban J connectivity index is 1.31. The Hall–Kier alpha value is -1.24. The maximum absolute atomic E-state index is 11.5. The second kappa shape index (κ2) is 23.5. The summed E-state index contributed by atoms with van der Waals surface area (Å²) in [5.74, 6) is 0. The highest BCUT2D eigenvalue weighted by Crippen LogP contribution is 2.37. The van der Waals surface area contributed by atoms with Gasteiger partial charge in [0, 0.05) is 0 Å². The molecule has 0 radical (unpaired) electrons. The van der Waals surface area contributed by atoms with Gasteiger partial charge in [0.15, 0.2) is 37.7 Å². The van der Waals surface area contributed by atoms with E-state index in [0.29, 0.717) is 0 Å². The van der Waals surface area contributed by atoms with Gasteiger partial charge in [-0.25, -0.2) is 0 Å². The van der Waals surface area contributed by atoms with Gasteiger partial charge in [-0.1, -0.05) is 0 Å². The van der Waals surface area contributed by atoms with E-state index in [-0.39, 0.29) is 0 Å². The predicted molar refractivity (Wildman–Crippen MR) is 199 cm³/mol. The molecule has 6 heterocycles. The maximum atomic E-state index is 11.5. The van der Waals surface area contributed by atoms with Crippen molar-refractivity contribution in [2.75, 3.05) is 39.6 Å². The van der Waals surface area contributed by atoms with Crippen LogP contribution in [0.2, 0.25) is 0 Å². The van der Waals surface area contributed by atoms with Crippen LogP contribution in [0.1, 0.15) is 0 Å². The topological polar surface area (TPSA) is 506 Å². The van der Waals surface area contributed by atoms with Gasteiger partial charge in [-0.05, 0) is 0 Å². The lowest BCUT2D eigenvalue weighted by Crippen LogP contribution is -2.69. The molecule has 20 N–H and O–H groups in total. The van der Waals surface area contributed by atoms with E-state index in [1.54, 1.807) is 0 Å². The molecule has 0 aromatic heterocycles. The van der Waals surface area contributed by atoms with Crippen molar-refractivity contribution in [3.05, 3.63) is 0 Å². The zero-order valence-corrected chi connectivity index (χ0v) is 35.0. The van der Waals surface area contributed by atoms with Crippen LogP contribution in [0.5, 0.6) is 0 Å². The lowest BCUT2D eigenvalue weighted by Gasteiger charge is -2.50. The highest BCUT2D eigenvalue weighted by molar-refractivity contribution is 5.00. The SMILES string of the molecule is OC[C@H]1O[C@@H](O[C@@H]2[C@H](O[C@@H]3[C@@H](O[C@@H]4[C@@H](O[C@@H]5[C@@H](O[C@H]6[C@@H](O)[C@H](O)[C@@H](CO)O[C@H]6O)O[C@H](CO)[C@@H](O)[C@@H]5O)O[C@H](CO)[C@@H](O)[C@@H]4O)O[C@H](CO)[C@@H](O)[C@@H]3O)O[C@H](CO)[C@@H](O)[C@@H]2O)[C@@H](O)[C@@H](O)[C@@H]1O. The van der Waals surface area contributed by atoms with Gasteiger partial charge in [-0.15, -0.1) is 0 Å². The van der Waals surface area contributed by atoms with Crippen molar-refractivity contribution in [3.8, 4) is 0 Å². The molecule has 0 amide bonds. The molecule has 6 saturated heterocycles. The number of hydrogen-bond acceptors (Lipinski definition) is 31. The van der Waals surface area contributed by atoms with E-state index < -0.39 is 224 Å². The average Bonchev–Trinajstić information content (AvgIpc) is 3.32. The van der Waals surface area contributed by atoms with Crippen molar-refractivity contribution in [1.82, 2.24) is 0 Å². The van der Waals surface area contributed by atoms with E-state index >= 15 is 0 Å². The van der Waals surface area contributed by atoms with Crippen molar-refractivity contribution < 1.29 is 154 Å². The minimum Gasteiger partial charge on any atom is -0.394 e. The third kappa shape index (κ3) is 11.2. The Kier molecular flexibility index (Phi) is 19.4. The van der Waals surface area contributed by atoms with Crippen LogP contribution < -0.4 is 0 Å².